The first-order valence-electron chi connectivity index (χ1n) is 7.82. The van der Waals surface area contributed by atoms with E-state index in [1.54, 1.807) is 43.5 Å². The lowest BCUT2D eigenvalue weighted by molar-refractivity contribution is 0.0950. The molecule has 7 nitrogen and oxygen atoms in total. The maximum atomic E-state index is 12.2. The minimum absolute atomic E-state index is 0.0332. The highest BCUT2D eigenvalue weighted by atomic mass is 35.5. The molecule has 3 rings (SSSR count). The fraction of sp³-hybridized carbons (Fsp3) is 0.176. The summed E-state index contributed by atoms with van der Waals surface area (Å²) < 4.78 is 1.39. The average Bonchev–Trinajstić information content (AvgIpc) is 3.02. The van der Waals surface area contributed by atoms with Crippen LogP contribution in [0, 0.1) is 6.92 Å². The third-order valence-electron chi connectivity index (χ3n) is 3.68. The number of halogens is 2. The van der Waals surface area contributed by atoms with Crippen LogP contribution in [0.3, 0.4) is 0 Å². The standard InChI is InChI=1S/C17H15Cl2N5O2/c1-3-20-16(25)15-10(2)21-24(22-15)12-6-4-11(5-7-12)23-9-8-13(18)14(19)17(23)26/h4-9H,3H2,1-2H3,(H,20,25). The normalized spacial score (nSPS) is 10.8. The summed E-state index contributed by atoms with van der Waals surface area (Å²) in [4.78, 5) is 25.5. The summed E-state index contributed by atoms with van der Waals surface area (Å²) in [7, 11) is 0. The Labute approximate surface area is 159 Å². The van der Waals surface area contributed by atoms with Crippen molar-refractivity contribution in [2.45, 2.75) is 13.8 Å². The summed E-state index contributed by atoms with van der Waals surface area (Å²) >= 11 is 11.8. The molecule has 0 unspecified atom stereocenters. The molecule has 1 amide bonds. The highest BCUT2D eigenvalue weighted by molar-refractivity contribution is 6.41. The SMILES string of the molecule is CCNC(=O)c1nn(-c2ccc(-n3ccc(Cl)c(Cl)c3=O)cc2)nc1C. The molecule has 26 heavy (non-hydrogen) atoms. The molecule has 134 valence electrons. The zero-order valence-electron chi connectivity index (χ0n) is 14.0. The Hall–Kier alpha value is -2.64. The molecule has 1 N–H and O–H groups in total. The lowest BCUT2D eigenvalue weighted by Gasteiger charge is -2.08. The number of carbonyl (C=O) groups is 1. The van der Waals surface area contributed by atoms with Crippen molar-refractivity contribution in [1.82, 2.24) is 24.9 Å². The highest BCUT2D eigenvalue weighted by Crippen LogP contribution is 2.18. The minimum Gasteiger partial charge on any atom is -0.351 e. The monoisotopic (exact) mass is 391 g/mol. The first-order valence-corrected chi connectivity index (χ1v) is 8.57. The second-order valence-electron chi connectivity index (χ2n) is 5.45. The third-order valence-corrected chi connectivity index (χ3v) is 4.46. The number of hydrogen-bond acceptors (Lipinski definition) is 4. The Morgan fingerprint density at radius 3 is 2.42 bits per heavy atom. The lowest BCUT2D eigenvalue weighted by Crippen LogP contribution is -2.24. The van der Waals surface area contributed by atoms with Crippen LogP contribution in [0.1, 0.15) is 23.1 Å². The fourth-order valence-electron chi connectivity index (χ4n) is 2.39. The highest BCUT2D eigenvalue weighted by Gasteiger charge is 2.15. The van der Waals surface area contributed by atoms with Gasteiger partial charge in [0.05, 0.1) is 16.4 Å². The van der Waals surface area contributed by atoms with Gasteiger partial charge in [0.25, 0.3) is 11.5 Å². The quantitative estimate of drug-likeness (QED) is 0.740. The second-order valence-corrected chi connectivity index (χ2v) is 6.24. The Morgan fingerprint density at radius 1 is 1.12 bits per heavy atom. The predicted molar refractivity (Wildman–Crippen MR) is 99.7 cm³/mol. The molecule has 0 atom stereocenters. The fourth-order valence-corrected chi connectivity index (χ4v) is 2.68. The van der Waals surface area contributed by atoms with Crippen molar-refractivity contribution in [2.75, 3.05) is 6.54 Å². The molecule has 0 saturated heterocycles. The summed E-state index contributed by atoms with van der Waals surface area (Å²) in [5.41, 5.74) is 1.67. The zero-order valence-corrected chi connectivity index (χ0v) is 15.5. The number of nitrogens with zero attached hydrogens (tertiary/aromatic N) is 4. The van der Waals surface area contributed by atoms with Crippen molar-refractivity contribution < 1.29 is 4.79 Å². The van der Waals surface area contributed by atoms with E-state index < -0.39 is 5.56 Å². The topological polar surface area (TPSA) is 81.8 Å². The Morgan fingerprint density at radius 2 is 1.77 bits per heavy atom. The smallest absolute Gasteiger partial charge is 0.275 e. The van der Waals surface area contributed by atoms with Crippen LogP contribution in [0.15, 0.2) is 41.3 Å². The maximum Gasteiger partial charge on any atom is 0.275 e. The number of benzene rings is 1. The molecule has 0 aliphatic carbocycles. The summed E-state index contributed by atoms with van der Waals surface area (Å²) in [6.07, 6.45) is 1.55. The molecule has 0 saturated carbocycles. The molecule has 1 aromatic carbocycles. The molecule has 0 radical (unpaired) electrons. The van der Waals surface area contributed by atoms with Crippen molar-refractivity contribution in [3.05, 3.63) is 68.3 Å². The van der Waals surface area contributed by atoms with E-state index in [1.165, 1.54) is 9.36 Å². The van der Waals surface area contributed by atoms with Gasteiger partial charge in [-0.2, -0.15) is 9.90 Å². The first-order chi connectivity index (χ1) is 12.4. The number of amides is 1. The van der Waals surface area contributed by atoms with Crippen LogP contribution in [-0.4, -0.2) is 32.0 Å². The molecule has 0 aliphatic rings. The lowest BCUT2D eigenvalue weighted by atomic mass is 10.2. The minimum atomic E-state index is -0.404. The predicted octanol–water partition coefficient (Wildman–Crippen LogP) is 2.78. The number of nitrogens with one attached hydrogen (secondary N) is 1. The number of carbonyl (C=O) groups excluding carboxylic acids is 1. The molecular weight excluding hydrogens is 377 g/mol. The van der Waals surface area contributed by atoms with Gasteiger partial charge in [-0.1, -0.05) is 23.2 Å². The van der Waals surface area contributed by atoms with Crippen LogP contribution in [0.2, 0.25) is 10.0 Å². The van der Waals surface area contributed by atoms with E-state index in [0.717, 1.165) is 0 Å². The maximum absolute atomic E-state index is 12.2. The van der Waals surface area contributed by atoms with E-state index in [4.69, 9.17) is 23.2 Å². The van der Waals surface area contributed by atoms with E-state index in [-0.39, 0.29) is 21.6 Å². The van der Waals surface area contributed by atoms with Gasteiger partial charge < -0.3 is 5.32 Å². The van der Waals surface area contributed by atoms with Crippen LogP contribution in [0.25, 0.3) is 11.4 Å². The van der Waals surface area contributed by atoms with Crippen molar-refractivity contribution in [3.8, 4) is 11.4 Å². The molecule has 2 heterocycles. The van der Waals surface area contributed by atoms with Gasteiger partial charge in [0.15, 0.2) is 5.69 Å². The second kappa shape index (κ2) is 7.31. The number of pyridine rings is 1. The zero-order chi connectivity index (χ0) is 18.8. The largest absolute Gasteiger partial charge is 0.351 e. The van der Waals surface area contributed by atoms with E-state index in [1.807, 2.05) is 6.92 Å². The van der Waals surface area contributed by atoms with Crippen molar-refractivity contribution >= 4 is 29.1 Å². The van der Waals surface area contributed by atoms with Gasteiger partial charge in [-0.3, -0.25) is 14.2 Å². The number of hydrogen-bond donors (Lipinski definition) is 1. The molecule has 0 bridgehead atoms. The van der Waals surface area contributed by atoms with Crippen LogP contribution < -0.4 is 10.9 Å². The van der Waals surface area contributed by atoms with Gasteiger partial charge in [0.1, 0.15) is 5.02 Å². The van der Waals surface area contributed by atoms with Crippen LogP contribution in [-0.2, 0) is 0 Å². The van der Waals surface area contributed by atoms with Gasteiger partial charge >= 0.3 is 0 Å². The Balaban J connectivity index is 1.94. The molecule has 9 heteroatoms. The summed E-state index contributed by atoms with van der Waals surface area (Å²) in [6.45, 7) is 4.07. The molecule has 2 aromatic heterocycles. The van der Waals surface area contributed by atoms with E-state index in [0.29, 0.717) is 23.6 Å². The van der Waals surface area contributed by atoms with Crippen molar-refractivity contribution in [1.29, 1.82) is 0 Å². The van der Waals surface area contributed by atoms with Crippen LogP contribution in [0.4, 0.5) is 0 Å². The number of rotatable bonds is 4. The van der Waals surface area contributed by atoms with Gasteiger partial charge in [-0.25, -0.2) is 0 Å². The van der Waals surface area contributed by atoms with Crippen molar-refractivity contribution in [3.63, 3.8) is 0 Å². The van der Waals surface area contributed by atoms with Gasteiger partial charge in [0.2, 0.25) is 0 Å². The number of aryl methyl sites for hydroxylation is 1. The van der Waals surface area contributed by atoms with Gasteiger partial charge in [-0.05, 0) is 44.2 Å². The number of aromatic nitrogens is 4. The van der Waals surface area contributed by atoms with E-state index in [2.05, 4.69) is 15.5 Å². The molecule has 3 aromatic rings. The summed E-state index contributed by atoms with van der Waals surface area (Å²) in [5, 5.41) is 11.4. The average molecular weight is 392 g/mol. The first kappa shape index (κ1) is 18.2. The van der Waals surface area contributed by atoms with Crippen LogP contribution in [0.5, 0.6) is 0 Å². The molecule has 0 aliphatic heterocycles. The summed E-state index contributed by atoms with van der Waals surface area (Å²) in [6, 6.07) is 8.49. The summed E-state index contributed by atoms with van der Waals surface area (Å²) in [5.74, 6) is -0.268. The molecule has 0 spiro atoms. The molecule has 0 fully saturated rings. The van der Waals surface area contributed by atoms with Gasteiger partial charge in [-0.15, -0.1) is 5.10 Å². The van der Waals surface area contributed by atoms with Crippen LogP contribution >= 0.6 is 23.2 Å². The van der Waals surface area contributed by atoms with E-state index >= 15 is 0 Å². The Bertz CT molecular complexity index is 1020. The third kappa shape index (κ3) is 3.36. The Kier molecular flexibility index (Phi) is 5.11. The molecular formula is C17H15Cl2N5O2. The van der Waals surface area contributed by atoms with Gasteiger partial charge in [0, 0.05) is 18.4 Å². The van der Waals surface area contributed by atoms with E-state index in [9.17, 15) is 9.59 Å². The van der Waals surface area contributed by atoms with Crippen molar-refractivity contribution in [2.24, 2.45) is 0 Å².